The van der Waals surface area contributed by atoms with Crippen molar-refractivity contribution in [2.45, 2.75) is 39.2 Å². The number of methoxy groups -OCH3 is 1. The minimum Gasteiger partial charge on any atom is -0.493 e. The third kappa shape index (κ3) is 4.78. The first kappa shape index (κ1) is 17.9. The predicted molar refractivity (Wildman–Crippen MR) is 92.6 cm³/mol. The van der Waals surface area contributed by atoms with Crippen molar-refractivity contribution in [1.82, 2.24) is 5.32 Å². The summed E-state index contributed by atoms with van der Waals surface area (Å²) in [7, 11) is 1.62. The first-order valence-electron chi connectivity index (χ1n) is 8.29. The highest BCUT2D eigenvalue weighted by atomic mass is 16.5. The normalized spacial score (nSPS) is 11.8. The van der Waals surface area contributed by atoms with E-state index in [2.05, 4.69) is 12.2 Å². The minimum atomic E-state index is -0.171. The molecule has 1 aromatic carbocycles. The molecular weight excluding hydrogens is 306 g/mol. The molecule has 0 radical (unpaired) electrons. The fourth-order valence-corrected chi connectivity index (χ4v) is 2.36. The van der Waals surface area contributed by atoms with E-state index in [1.165, 1.54) is 12.5 Å². The Morgan fingerprint density at radius 1 is 1.25 bits per heavy atom. The fraction of sp³-hybridized carbons (Fsp3) is 0.421. The van der Waals surface area contributed by atoms with Gasteiger partial charge in [-0.25, -0.2) is 0 Å². The van der Waals surface area contributed by atoms with Crippen molar-refractivity contribution < 1.29 is 18.7 Å². The summed E-state index contributed by atoms with van der Waals surface area (Å²) in [6.07, 6.45) is 6.24. The maximum Gasteiger partial charge on any atom is 0.255 e. The van der Waals surface area contributed by atoms with Crippen LogP contribution in [0.3, 0.4) is 0 Å². The molecule has 24 heavy (non-hydrogen) atoms. The van der Waals surface area contributed by atoms with E-state index in [0.717, 1.165) is 30.6 Å². The molecule has 2 rings (SSSR count). The number of ether oxygens (including phenoxy) is 2. The van der Waals surface area contributed by atoms with Crippen molar-refractivity contribution in [1.29, 1.82) is 0 Å². The van der Waals surface area contributed by atoms with Crippen LogP contribution in [0.5, 0.6) is 11.5 Å². The van der Waals surface area contributed by atoms with Crippen LogP contribution < -0.4 is 14.8 Å². The van der Waals surface area contributed by atoms with Crippen molar-refractivity contribution in [3.05, 3.63) is 47.9 Å². The molecule has 1 aromatic heterocycles. The molecule has 0 saturated heterocycles. The van der Waals surface area contributed by atoms with Crippen LogP contribution in [-0.4, -0.2) is 19.6 Å². The van der Waals surface area contributed by atoms with Crippen molar-refractivity contribution >= 4 is 5.91 Å². The summed E-state index contributed by atoms with van der Waals surface area (Å²) < 4.78 is 16.1. The van der Waals surface area contributed by atoms with Gasteiger partial charge in [-0.05, 0) is 37.1 Å². The average molecular weight is 331 g/mol. The second-order valence-electron chi connectivity index (χ2n) is 5.67. The third-order valence-electron chi connectivity index (χ3n) is 3.82. The number of unbranched alkanes of at least 4 members (excludes halogenated alkanes) is 2. The molecule has 1 heterocycles. The summed E-state index contributed by atoms with van der Waals surface area (Å²) in [5.41, 5.74) is 1.45. The Morgan fingerprint density at radius 2 is 2.08 bits per heavy atom. The Balaban J connectivity index is 2.00. The van der Waals surface area contributed by atoms with E-state index < -0.39 is 0 Å². The monoisotopic (exact) mass is 331 g/mol. The van der Waals surface area contributed by atoms with Gasteiger partial charge >= 0.3 is 0 Å². The molecule has 0 bridgehead atoms. The molecule has 5 heteroatoms. The minimum absolute atomic E-state index is 0.157. The molecule has 1 N–H and O–H groups in total. The zero-order chi connectivity index (χ0) is 17.4. The van der Waals surface area contributed by atoms with Gasteiger partial charge in [0.1, 0.15) is 6.26 Å². The smallest absolute Gasteiger partial charge is 0.255 e. The van der Waals surface area contributed by atoms with Gasteiger partial charge in [0.15, 0.2) is 11.5 Å². The standard InChI is InChI=1S/C19H25NO4/c1-4-5-6-10-24-17-8-7-15(12-18(17)22-3)14(2)20-19(21)16-9-11-23-13-16/h7-9,11-14H,4-6,10H2,1-3H3,(H,20,21). The SMILES string of the molecule is CCCCCOc1ccc(C(C)NC(=O)c2ccoc2)cc1OC. The zero-order valence-corrected chi connectivity index (χ0v) is 14.5. The van der Waals surface area contributed by atoms with Gasteiger partial charge in [-0.2, -0.15) is 0 Å². The highest BCUT2D eigenvalue weighted by molar-refractivity contribution is 5.94. The van der Waals surface area contributed by atoms with Gasteiger partial charge in [-0.1, -0.05) is 25.8 Å². The van der Waals surface area contributed by atoms with Gasteiger partial charge in [0.2, 0.25) is 0 Å². The molecule has 0 aliphatic carbocycles. The molecule has 0 fully saturated rings. The van der Waals surface area contributed by atoms with E-state index >= 15 is 0 Å². The second kappa shape index (κ2) is 9.01. The largest absolute Gasteiger partial charge is 0.493 e. The van der Waals surface area contributed by atoms with E-state index in [9.17, 15) is 4.79 Å². The molecule has 1 amide bonds. The molecule has 130 valence electrons. The Kier molecular flexibility index (Phi) is 6.73. The number of hydrogen-bond acceptors (Lipinski definition) is 4. The van der Waals surface area contributed by atoms with Gasteiger partial charge in [0, 0.05) is 0 Å². The second-order valence-corrected chi connectivity index (χ2v) is 5.67. The van der Waals surface area contributed by atoms with Gasteiger partial charge in [0.05, 0.1) is 31.6 Å². The van der Waals surface area contributed by atoms with E-state index in [-0.39, 0.29) is 11.9 Å². The molecule has 0 spiro atoms. The first-order valence-corrected chi connectivity index (χ1v) is 8.29. The fourth-order valence-electron chi connectivity index (χ4n) is 2.36. The number of rotatable bonds is 9. The lowest BCUT2D eigenvalue weighted by Gasteiger charge is -2.17. The molecule has 0 aliphatic heterocycles. The van der Waals surface area contributed by atoms with Crippen molar-refractivity contribution in [2.24, 2.45) is 0 Å². The Hall–Kier alpha value is -2.43. The van der Waals surface area contributed by atoms with Gasteiger partial charge in [0.25, 0.3) is 5.91 Å². The maximum atomic E-state index is 12.1. The molecule has 1 unspecified atom stereocenters. The molecule has 2 aromatic rings. The number of furan rings is 1. The Bertz CT molecular complexity index is 637. The molecule has 5 nitrogen and oxygen atoms in total. The topological polar surface area (TPSA) is 60.7 Å². The first-order chi connectivity index (χ1) is 11.7. The van der Waals surface area contributed by atoms with E-state index in [0.29, 0.717) is 17.9 Å². The quantitative estimate of drug-likeness (QED) is 0.694. The van der Waals surface area contributed by atoms with E-state index in [1.54, 1.807) is 13.2 Å². The maximum absolute atomic E-state index is 12.1. The van der Waals surface area contributed by atoms with Crippen molar-refractivity contribution in [3.8, 4) is 11.5 Å². The van der Waals surface area contributed by atoms with Crippen molar-refractivity contribution in [3.63, 3.8) is 0 Å². The van der Waals surface area contributed by atoms with Crippen LogP contribution in [-0.2, 0) is 0 Å². The molecule has 0 saturated carbocycles. The lowest BCUT2D eigenvalue weighted by molar-refractivity contribution is 0.0939. The van der Waals surface area contributed by atoms with Crippen LogP contribution >= 0.6 is 0 Å². The van der Waals surface area contributed by atoms with Gasteiger partial charge in [-0.15, -0.1) is 0 Å². The van der Waals surface area contributed by atoms with Crippen LogP contribution in [0.4, 0.5) is 0 Å². The number of hydrogen-bond donors (Lipinski definition) is 1. The van der Waals surface area contributed by atoms with Gasteiger partial charge < -0.3 is 19.2 Å². The summed E-state index contributed by atoms with van der Waals surface area (Å²) in [5.74, 6) is 1.23. The average Bonchev–Trinajstić information content (AvgIpc) is 3.13. The number of nitrogens with one attached hydrogen (secondary N) is 1. The van der Waals surface area contributed by atoms with Crippen LogP contribution in [0.25, 0.3) is 0 Å². The summed E-state index contributed by atoms with van der Waals surface area (Å²) >= 11 is 0. The molecule has 0 aliphatic rings. The van der Waals surface area contributed by atoms with E-state index in [4.69, 9.17) is 13.9 Å². The lowest BCUT2D eigenvalue weighted by Crippen LogP contribution is -2.26. The Labute approximate surface area is 143 Å². The summed E-state index contributed by atoms with van der Waals surface area (Å²) in [6, 6.07) is 7.21. The van der Waals surface area contributed by atoms with Crippen LogP contribution in [0.15, 0.2) is 41.2 Å². The number of amides is 1. The predicted octanol–water partition coefficient (Wildman–Crippen LogP) is 4.35. The van der Waals surface area contributed by atoms with Crippen LogP contribution in [0.1, 0.15) is 55.1 Å². The molecular formula is C19H25NO4. The summed E-state index contributed by atoms with van der Waals surface area (Å²) in [4.78, 5) is 12.1. The Morgan fingerprint density at radius 3 is 2.75 bits per heavy atom. The highest BCUT2D eigenvalue weighted by Crippen LogP contribution is 2.30. The molecule has 1 atom stereocenters. The zero-order valence-electron chi connectivity index (χ0n) is 14.5. The van der Waals surface area contributed by atoms with Crippen molar-refractivity contribution in [2.75, 3.05) is 13.7 Å². The number of carbonyl (C=O) groups excluding carboxylic acids is 1. The van der Waals surface area contributed by atoms with Gasteiger partial charge in [-0.3, -0.25) is 4.79 Å². The summed E-state index contributed by atoms with van der Waals surface area (Å²) in [6.45, 7) is 4.76. The highest BCUT2D eigenvalue weighted by Gasteiger charge is 2.14. The number of carbonyl (C=O) groups is 1. The van der Waals surface area contributed by atoms with Crippen LogP contribution in [0.2, 0.25) is 0 Å². The van der Waals surface area contributed by atoms with Crippen LogP contribution in [0, 0.1) is 0 Å². The third-order valence-corrected chi connectivity index (χ3v) is 3.82. The van der Waals surface area contributed by atoms with E-state index in [1.807, 2.05) is 25.1 Å². The lowest BCUT2D eigenvalue weighted by atomic mass is 10.1. The number of benzene rings is 1. The summed E-state index contributed by atoms with van der Waals surface area (Å²) in [5, 5.41) is 2.93.